The smallest absolute Gasteiger partial charge is 0.315 e. The summed E-state index contributed by atoms with van der Waals surface area (Å²) in [4.78, 5) is -0.897. The molecule has 1 aliphatic heterocycles. The average molecular weight is 354 g/mol. The van der Waals surface area contributed by atoms with E-state index in [4.69, 9.17) is 0 Å². The normalized spacial score (nSPS) is 19.5. The molecule has 1 fully saturated rings. The van der Waals surface area contributed by atoms with Crippen molar-refractivity contribution in [2.45, 2.75) is 36.9 Å². The van der Waals surface area contributed by atoms with Crippen LogP contribution in [0.2, 0.25) is 0 Å². The van der Waals surface area contributed by atoms with Crippen LogP contribution in [0.1, 0.15) is 25.3 Å². The highest BCUT2D eigenvalue weighted by Crippen LogP contribution is 2.36. The van der Waals surface area contributed by atoms with Gasteiger partial charge >= 0.3 is 6.18 Å². The highest BCUT2D eigenvalue weighted by molar-refractivity contribution is 7.89. The first kappa shape index (κ1) is 18.2. The molecular formula is C14H18F4N2O2S. The first-order valence-corrected chi connectivity index (χ1v) is 8.71. The van der Waals surface area contributed by atoms with Crippen LogP contribution in [-0.2, 0) is 16.2 Å². The summed E-state index contributed by atoms with van der Waals surface area (Å²) in [6.45, 7) is 2.86. The lowest BCUT2D eigenvalue weighted by molar-refractivity contribution is -0.140. The van der Waals surface area contributed by atoms with Crippen LogP contribution >= 0.6 is 0 Å². The Bertz CT molecular complexity index is 655. The van der Waals surface area contributed by atoms with E-state index in [9.17, 15) is 26.0 Å². The second kappa shape index (κ2) is 6.74. The van der Waals surface area contributed by atoms with Crippen molar-refractivity contribution in [3.8, 4) is 0 Å². The summed E-state index contributed by atoms with van der Waals surface area (Å²) >= 11 is 0. The van der Waals surface area contributed by atoms with E-state index in [1.807, 2.05) is 0 Å². The third-order valence-electron chi connectivity index (χ3n) is 3.72. The Hall–Kier alpha value is -1.19. The van der Waals surface area contributed by atoms with Gasteiger partial charge in [0.2, 0.25) is 10.0 Å². The maximum absolute atomic E-state index is 13.2. The van der Waals surface area contributed by atoms with Crippen LogP contribution in [0.25, 0.3) is 0 Å². The largest absolute Gasteiger partial charge is 0.417 e. The molecule has 1 heterocycles. The standard InChI is InChI=1S/C14H18F4N2O2S/c1-2-7-20(11-5-6-19-9-11)23(21,22)13-4-3-10(15)8-12(13)14(16,17)18/h3-4,8,11,19H,2,5-7,9H2,1H3. The van der Waals surface area contributed by atoms with Gasteiger partial charge in [-0.2, -0.15) is 17.5 Å². The van der Waals surface area contributed by atoms with Gasteiger partial charge in [0.15, 0.2) is 0 Å². The topological polar surface area (TPSA) is 49.4 Å². The van der Waals surface area contributed by atoms with E-state index in [0.29, 0.717) is 32.0 Å². The monoisotopic (exact) mass is 354 g/mol. The molecule has 1 aliphatic rings. The summed E-state index contributed by atoms with van der Waals surface area (Å²) in [5.74, 6) is -1.12. The lowest BCUT2D eigenvalue weighted by Gasteiger charge is -2.28. The second-order valence-corrected chi connectivity index (χ2v) is 7.26. The highest BCUT2D eigenvalue weighted by atomic mass is 32.2. The molecule has 9 heteroatoms. The van der Waals surface area contributed by atoms with Crippen LogP contribution in [-0.4, -0.2) is 38.4 Å². The van der Waals surface area contributed by atoms with Crippen LogP contribution in [0.5, 0.6) is 0 Å². The van der Waals surface area contributed by atoms with Gasteiger partial charge in [0.05, 0.1) is 10.5 Å². The van der Waals surface area contributed by atoms with Crippen molar-refractivity contribution in [3.63, 3.8) is 0 Å². The van der Waals surface area contributed by atoms with Crippen molar-refractivity contribution in [1.29, 1.82) is 0 Å². The summed E-state index contributed by atoms with van der Waals surface area (Å²) in [6.07, 6.45) is -3.95. The minimum Gasteiger partial charge on any atom is -0.315 e. The quantitative estimate of drug-likeness (QED) is 0.827. The first-order valence-electron chi connectivity index (χ1n) is 7.27. The molecule has 0 aliphatic carbocycles. The van der Waals surface area contributed by atoms with E-state index >= 15 is 0 Å². The van der Waals surface area contributed by atoms with Gasteiger partial charge in [-0.3, -0.25) is 0 Å². The third kappa shape index (κ3) is 3.84. The Morgan fingerprint density at radius 1 is 1.35 bits per heavy atom. The summed E-state index contributed by atoms with van der Waals surface area (Å²) in [6, 6.07) is 1.26. The number of sulfonamides is 1. The fourth-order valence-corrected chi connectivity index (χ4v) is 4.62. The van der Waals surface area contributed by atoms with E-state index in [1.165, 1.54) is 0 Å². The molecule has 1 aromatic rings. The molecule has 0 radical (unpaired) electrons. The lowest BCUT2D eigenvalue weighted by atomic mass is 10.2. The molecule has 2 rings (SSSR count). The molecule has 0 bridgehead atoms. The predicted octanol–water partition coefficient (Wildman–Crippen LogP) is 2.61. The molecule has 1 aromatic carbocycles. The SMILES string of the molecule is CCCN(C1CCNC1)S(=O)(=O)c1ccc(F)cc1C(F)(F)F. The number of hydrogen-bond donors (Lipinski definition) is 1. The van der Waals surface area contributed by atoms with E-state index in [0.717, 1.165) is 10.4 Å². The maximum Gasteiger partial charge on any atom is 0.417 e. The van der Waals surface area contributed by atoms with E-state index in [-0.39, 0.29) is 12.6 Å². The number of hydrogen-bond acceptors (Lipinski definition) is 3. The Morgan fingerprint density at radius 3 is 2.57 bits per heavy atom. The number of rotatable bonds is 5. The van der Waals surface area contributed by atoms with Gasteiger partial charge in [-0.05, 0) is 37.6 Å². The molecule has 130 valence electrons. The van der Waals surface area contributed by atoms with Crippen LogP contribution in [0.3, 0.4) is 0 Å². The van der Waals surface area contributed by atoms with E-state index < -0.39 is 38.5 Å². The Morgan fingerprint density at radius 2 is 2.04 bits per heavy atom. The number of benzene rings is 1. The molecule has 0 saturated carbocycles. The fraction of sp³-hybridized carbons (Fsp3) is 0.571. The van der Waals surface area contributed by atoms with Crippen LogP contribution in [0.15, 0.2) is 23.1 Å². The number of nitrogens with one attached hydrogen (secondary N) is 1. The second-order valence-electron chi connectivity index (χ2n) is 5.40. The number of halogens is 4. The molecule has 1 N–H and O–H groups in total. The van der Waals surface area contributed by atoms with Crippen LogP contribution in [0.4, 0.5) is 17.6 Å². The Labute approximate surface area is 132 Å². The van der Waals surface area contributed by atoms with Gasteiger partial charge in [0.25, 0.3) is 0 Å². The molecule has 1 unspecified atom stereocenters. The van der Waals surface area contributed by atoms with E-state index in [1.54, 1.807) is 6.92 Å². The maximum atomic E-state index is 13.2. The minimum atomic E-state index is -4.95. The summed E-state index contributed by atoms with van der Waals surface area (Å²) in [5, 5.41) is 3.00. The van der Waals surface area contributed by atoms with Crippen LogP contribution in [0, 0.1) is 5.82 Å². The fourth-order valence-electron chi connectivity index (χ4n) is 2.68. The van der Waals surface area contributed by atoms with E-state index in [2.05, 4.69) is 5.32 Å². The predicted molar refractivity (Wildman–Crippen MR) is 76.9 cm³/mol. The molecule has 0 aromatic heterocycles. The van der Waals surface area contributed by atoms with Gasteiger partial charge in [0.1, 0.15) is 5.82 Å². The number of nitrogens with zero attached hydrogens (tertiary/aromatic N) is 1. The first-order chi connectivity index (χ1) is 10.7. The minimum absolute atomic E-state index is 0.114. The van der Waals surface area contributed by atoms with Crippen molar-refractivity contribution >= 4 is 10.0 Å². The van der Waals surface area contributed by atoms with Crippen molar-refractivity contribution in [2.24, 2.45) is 0 Å². The molecule has 1 atom stereocenters. The van der Waals surface area contributed by atoms with Gasteiger partial charge in [-0.15, -0.1) is 0 Å². The van der Waals surface area contributed by atoms with Crippen molar-refractivity contribution < 1.29 is 26.0 Å². The lowest BCUT2D eigenvalue weighted by Crippen LogP contribution is -2.42. The van der Waals surface area contributed by atoms with Gasteiger partial charge in [0, 0.05) is 19.1 Å². The Balaban J connectivity index is 2.53. The molecule has 4 nitrogen and oxygen atoms in total. The van der Waals surface area contributed by atoms with Crippen molar-refractivity contribution in [2.75, 3.05) is 19.6 Å². The van der Waals surface area contributed by atoms with Gasteiger partial charge < -0.3 is 5.32 Å². The molecular weight excluding hydrogens is 336 g/mol. The third-order valence-corrected chi connectivity index (χ3v) is 5.73. The summed E-state index contributed by atoms with van der Waals surface area (Å²) in [5.41, 5.74) is -1.47. The molecule has 0 amide bonds. The number of alkyl halides is 3. The zero-order valence-corrected chi connectivity index (χ0v) is 13.3. The average Bonchev–Trinajstić information content (AvgIpc) is 2.97. The molecule has 23 heavy (non-hydrogen) atoms. The summed E-state index contributed by atoms with van der Waals surface area (Å²) < 4.78 is 79.2. The molecule has 0 spiro atoms. The van der Waals surface area contributed by atoms with Crippen molar-refractivity contribution in [3.05, 3.63) is 29.6 Å². The zero-order chi connectivity index (χ0) is 17.3. The van der Waals surface area contributed by atoms with Crippen LogP contribution < -0.4 is 5.32 Å². The highest BCUT2D eigenvalue weighted by Gasteiger charge is 2.41. The molecule has 1 saturated heterocycles. The van der Waals surface area contributed by atoms with Gasteiger partial charge in [-0.25, -0.2) is 12.8 Å². The van der Waals surface area contributed by atoms with Gasteiger partial charge in [-0.1, -0.05) is 6.92 Å². The Kier molecular flexibility index (Phi) is 5.32. The summed E-state index contributed by atoms with van der Waals surface area (Å²) in [7, 11) is -4.37. The zero-order valence-electron chi connectivity index (χ0n) is 12.5. The van der Waals surface area contributed by atoms with Crippen molar-refractivity contribution in [1.82, 2.24) is 9.62 Å².